The van der Waals surface area contributed by atoms with Crippen LogP contribution in [0.3, 0.4) is 0 Å². The average molecular weight is 525 g/mol. The fourth-order valence-electron chi connectivity index (χ4n) is 3.80. The highest BCUT2D eigenvalue weighted by molar-refractivity contribution is 7.99. The first-order chi connectivity index (χ1) is 17.1. The summed E-state index contributed by atoms with van der Waals surface area (Å²) in [5.41, 5.74) is 4.85. The van der Waals surface area contributed by atoms with E-state index in [4.69, 9.17) is 28.2 Å². The van der Waals surface area contributed by atoms with Gasteiger partial charge in [-0.05, 0) is 24.6 Å². The average Bonchev–Trinajstić information content (AvgIpc) is 3.26. The summed E-state index contributed by atoms with van der Waals surface area (Å²) in [6, 6.07) is 25.6. The van der Waals surface area contributed by atoms with Crippen LogP contribution in [0.5, 0.6) is 0 Å². The van der Waals surface area contributed by atoms with Crippen LogP contribution in [-0.2, 0) is 6.54 Å². The van der Waals surface area contributed by atoms with Gasteiger partial charge in [-0.25, -0.2) is 4.98 Å². The van der Waals surface area contributed by atoms with Gasteiger partial charge in [0.1, 0.15) is 0 Å². The third-order valence-corrected chi connectivity index (χ3v) is 7.28. The van der Waals surface area contributed by atoms with Crippen molar-refractivity contribution in [2.24, 2.45) is 0 Å². The summed E-state index contributed by atoms with van der Waals surface area (Å²) < 4.78 is 2.33. The van der Waals surface area contributed by atoms with Crippen molar-refractivity contribution in [3.8, 4) is 22.5 Å². The Morgan fingerprint density at radius 2 is 1.63 bits per heavy atom. The SMILES string of the molecule is CCCCn1c(SCCNC(=O)c2ccc(Cl)c(Cl)c2)nc(-c2ccccc2)c1-c1ccccc1. The van der Waals surface area contributed by atoms with Gasteiger partial charge in [0.2, 0.25) is 0 Å². The molecule has 0 atom stereocenters. The van der Waals surface area contributed by atoms with Crippen LogP contribution in [0.2, 0.25) is 10.0 Å². The number of unbranched alkanes of at least 4 members (excludes halogenated alkanes) is 1. The molecular formula is C28H27Cl2N3OS. The Labute approximate surface area is 220 Å². The summed E-state index contributed by atoms with van der Waals surface area (Å²) in [7, 11) is 0. The van der Waals surface area contributed by atoms with Crippen LogP contribution < -0.4 is 5.32 Å². The van der Waals surface area contributed by atoms with E-state index in [0.717, 1.165) is 47.1 Å². The van der Waals surface area contributed by atoms with Gasteiger partial charge >= 0.3 is 0 Å². The molecule has 1 N–H and O–H groups in total. The Morgan fingerprint density at radius 1 is 0.943 bits per heavy atom. The van der Waals surface area contributed by atoms with Gasteiger partial charge in [-0.15, -0.1) is 0 Å². The first kappa shape index (κ1) is 25.4. The normalized spacial score (nSPS) is 10.9. The Hall–Kier alpha value is -2.73. The molecule has 1 heterocycles. The topological polar surface area (TPSA) is 46.9 Å². The summed E-state index contributed by atoms with van der Waals surface area (Å²) in [4.78, 5) is 17.6. The van der Waals surface area contributed by atoms with Crippen LogP contribution in [0.15, 0.2) is 84.0 Å². The van der Waals surface area contributed by atoms with Crippen molar-refractivity contribution in [2.75, 3.05) is 12.3 Å². The molecule has 0 spiro atoms. The van der Waals surface area contributed by atoms with Crippen LogP contribution in [0.25, 0.3) is 22.5 Å². The standard InChI is InChI=1S/C28H27Cl2N3OS/c1-2-3-17-33-26(21-12-8-5-9-13-21)25(20-10-6-4-7-11-20)32-28(33)35-18-16-31-27(34)22-14-15-23(29)24(30)19-22/h4-15,19H,2-3,16-18H2,1H3,(H,31,34). The smallest absolute Gasteiger partial charge is 0.251 e. The van der Waals surface area contributed by atoms with Crippen LogP contribution in [0.1, 0.15) is 30.1 Å². The monoisotopic (exact) mass is 523 g/mol. The molecule has 180 valence electrons. The molecule has 0 saturated carbocycles. The van der Waals surface area contributed by atoms with E-state index in [9.17, 15) is 4.79 Å². The van der Waals surface area contributed by atoms with E-state index >= 15 is 0 Å². The summed E-state index contributed by atoms with van der Waals surface area (Å²) in [6.45, 7) is 3.59. The molecule has 0 fully saturated rings. The lowest BCUT2D eigenvalue weighted by Crippen LogP contribution is -2.25. The fourth-order valence-corrected chi connectivity index (χ4v) is 4.98. The van der Waals surface area contributed by atoms with Crippen LogP contribution in [0.4, 0.5) is 0 Å². The number of thioether (sulfide) groups is 1. The maximum absolute atomic E-state index is 12.5. The number of amides is 1. The minimum Gasteiger partial charge on any atom is -0.351 e. The van der Waals surface area contributed by atoms with Crippen LogP contribution >= 0.6 is 35.0 Å². The number of aromatic nitrogens is 2. The van der Waals surface area contributed by atoms with Gasteiger partial charge in [0.15, 0.2) is 5.16 Å². The Bertz CT molecular complexity index is 1280. The molecule has 35 heavy (non-hydrogen) atoms. The van der Waals surface area contributed by atoms with Crippen LogP contribution in [0, 0.1) is 0 Å². The van der Waals surface area contributed by atoms with E-state index in [-0.39, 0.29) is 5.91 Å². The van der Waals surface area contributed by atoms with E-state index in [0.29, 0.717) is 27.9 Å². The quantitative estimate of drug-likeness (QED) is 0.170. The molecule has 1 amide bonds. The molecule has 7 heteroatoms. The molecule has 0 radical (unpaired) electrons. The molecule has 4 aromatic rings. The van der Waals surface area contributed by atoms with Gasteiger partial charge in [-0.2, -0.15) is 0 Å². The lowest BCUT2D eigenvalue weighted by atomic mass is 10.0. The number of nitrogens with zero attached hydrogens (tertiary/aromatic N) is 2. The van der Waals surface area contributed by atoms with E-state index in [2.05, 4.69) is 53.2 Å². The predicted octanol–water partition coefficient (Wildman–Crippen LogP) is 7.85. The molecule has 0 aliphatic carbocycles. The van der Waals surface area contributed by atoms with Crippen molar-refractivity contribution in [3.63, 3.8) is 0 Å². The lowest BCUT2D eigenvalue weighted by molar-refractivity contribution is 0.0956. The zero-order valence-electron chi connectivity index (χ0n) is 19.5. The zero-order chi connectivity index (χ0) is 24.6. The van der Waals surface area contributed by atoms with E-state index in [1.165, 1.54) is 0 Å². The van der Waals surface area contributed by atoms with Gasteiger partial charge in [0.05, 0.1) is 21.4 Å². The molecular weight excluding hydrogens is 497 g/mol. The second-order valence-electron chi connectivity index (χ2n) is 8.06. The Kier molecular flexibility index (Phi) is 8.91. The molecule has 1 aromatic heterocycles. The van der Waals surface area contributed by atoms with Crippen LogP contribution in [-0.4, -0.2) is 27.8 Å². The number of carbonyl (C=O) groups excluding carboxylic acids is 1. The number of benzene rings is 3. The molecule has 0 bridgehead atoms. The van der Waals surface area contributed by atoms with Crippen molar-refractivity contribution >= 4 is 40.9 Å². The number of halogens is 2. The highest BCUT2D eigenvalue weighted by Crippen LogP contribution is 2.36. The third-order valence-electron chi connectivity index (χ3n) is 5.56. The summed E-state index contributed by atoms with van der Waals surface area (Å²) in [5.74, 6) is 0.520. The van der Waals surface area contributed by atoms with Crippen molar-refractivity contribution in [2.45, 2.75) is 31.5 Å². The minimum absolute atomic E-state index is 0.173. The van der Waals surface area contributed by atoms with Gasteiger partial charge in [0, 0.05) is 35.5 Å². The highest BCUT2D eigenvalue weighted by atomic mass is 35.5. The maximum atomic E-state index is 12.5. The van der Waals surface area contributed by atoms with Crippen molar-refractivity contribution in [1.29, 1.82) is 0 Å². The molecule has 3 aromatic carbocycles. The largest absolute Gasteiger partial charge is 0.351 e. The second-order valence-corrected chi connectivity index (χ2v) is 9.94. The van der Waals surface area contributed by atoms with Gasteiger partial charge < -0.3 is 9.88 Å². The first-order valence-corrected chi connectivity index (χ1v) is 13.4. The van der Waals surface area contributed by atoms with E-state index < -0.39 is 0 Å². The van der Waals surface area contributed by atoms with Gasteiger partial charge in [-0.3, -0.25) is 4.79 Å². The van der Waals surface area contributed by atoms with Gasteiger partial charge in [-0.1, -0.05) is 109 Å². The third kappa shape index (κ3) is 6.29. The maximum Gasteiger partial charge on any atom is 0.251 e. The second kappa shape index (κ2) is 12.3. The fraction of sp³-hybridized carbons (Fsp3) is 0.214. The molecule has 4 rings (SSSR count). The summed E-state index contributed by atoms with van der Waals surface area (Å²) in [6.07, 6.45) is 2.16. The number of nitrogens with one attached hydrogen (secondary N) is 1. The van der Waals surface area contributed by atoms with Crippen molar-refractivity contribution < 1.29 is 4.79 Å². The lowest BCUT2D eigenvalue weighted by Gasteiger charge is -2.13. The highest BCUT2D eigenvalue weighted by Gasteiger charge is 2.20. The number of hydrogen-bond acceptors (Lipinski definition) is 3. The Morgan fingerprint density at radius 3 is 2.29 bits per heavy atom. The number of rotatable bonds is 10. The van der Waals surface area contributed by atoms with E-state index in [1.54, 1.807) is 30.0 Å². The minimum atomic E-state index is -0.173. The molecule has 0 aliphatic rings. The number of imidazole rings is 1. The first-order valence-electron chi connectivity index (χ1n) is 11.7. The Balaban J connectivity index is 1.56. The molecule has 4 nitrogen and oxygen atoms in total. The van der Waals surface area contributed by atoms with E-state index in [1.807, 2.05) is 24.3 Å². The predicted molar refractivity (Wildman–Crippen MR) is 148 cm³/mol. The zero-order valence-corrected chi connectivity index (χ0v) is 21.8. The summed E-state index contributed by atoms with van der Waals surface area (Å²) in [5, 5.41) is 4.72. The molecule has 0 saturated heterocycles. The molecule has 0 aliphatic heterocycles. The van der Waals surface area contributed by atoms with Crippen molar-refractivity contribution in [1.82, 2.24) is 14.9 Å². The summed E-state index contributed by atoms with van der Waals surface area (Å²) >= 11 is 13.7. The molecule has 0 unspecified atom stereocenters. The number of carbonyl (C=O) groups is 1. The number of hydrogen-bond donors (Lipinski definition) is 1. The van der Waals surface area contributed by atoms with Crippen molar-refractivity contribution in [3.05, 3.63) is 94.5 Å². The van der Waals surface area contributed by atoms with Gasteiger partial charge in [0.25, 0.3) is 5.91 Å².